The lowest BCUT2D eigenvalue weighted by molar-refractivity contribution is -0.134. The van der Waals surface area contributed by atoms with Gasteiger partial charge in [-0.05, 0) is 98.8 Å². The number of primary amides is 1. The van der Waals surface area contributed by atoms with Crippen molar-refractivity contribution in [3.63, 3.8) is 0 Å². The summed E-state index contributed by atoms with van der Waals surface area (Å²) in [6, 6.07) is 6.87. The summed E-state index contributed by atoms with van der Waals surface area (Å²) >= 11 is 0. The van der Waals surface area contributed by atoms with Crippen LogP contribution in [0.2, 0.25) is 0 Å². The van der Waals surface area contributed by atoms with Crippen LogP contribution in [0.4, 0.5) is 0 Å². The number of amides is 2. The zero-order valence-corrected chi connectivity index (χ0v) is 24.6. The number of likely N-dealkylation sites (tertiary alicyclic amines) is 2. The number of piperidine rings is 2. The minimum absolute atomic E-state index is 0.0488. The first-order valence-electron chi connectivity index (χ1n) is 15.0. The second-order valence-corrected chi connectivity index (χ2v) is 12.3. The van der Waals surface area contributed by atoms with Crippen LogP contribution < -0.4 is 5.73 Å². The molecule has 0 bridgehead atoms. The van der Waals surface area contributed by atoms with Gasteiger partial charge >= 0.3 is 0 Å². The van der Waals surface area contributed by atoms with E-state index in [4.69, 9.17) is 5.73 Å². The van der Waals surface area contributed by atoms with Gasteiger partial charge in [0.1, 0.15) is 6.33 Å². The van der Waals surface area contributed by atoms with Crippen molar-refractivity contribution in [2.75, 3.05) is 32.7 Å². The van der Waals surface area contributed by atoms with Gasteiger partial charge in [0.2, 0.25) is 11.8 Å². The summed E-state index contributed by atoms with van der Waals surface area (Å²) in [5, 5.41) is 5.69. The predicted molar refractivity (Wildman–Crippen MR) is 161 cm³/mol. The van der Waals surface area contributed by atoms with E-state index in [1.165, 1.54) is 22.1 Å². The summed E-state index contributed by atoms with van der Waals surface area (Å²) in [5.41, 5.74) is 14.9. The Morgan fingerprint density at radius 2 is 1.78 bits per heavy atom. The van der Waals surface area contributed by atoms with E-state index in [9.17, 15) is 9.59 Å². The zero-order valence-electron chi connectivity index (χ0n) is 24.6. The number of nitrogens with zero attached hydrogens (tertiary/aromatic N) is 5. The number of carbonyl (C=O) groups excluding carboxylic acids is 2. The minimum atomic E-state index is -0.217. The number of fused-ring (bicyclic) bond motifs is 2. The highest BCUT2D eigenvalue weighted by molar-refractivity contribution is 5.93. The number of aromatic amines is 1. The average molecular weight is 556 g/mol. The summed E-state index contributed by atoms with van der Waals surface area (Å²) in [6.07, 6.45) is 7.14. The first-order chi connectivity index (χ1) is 19.7. The topological polar surface area (TPSA) is 113 Å². The van der Waals surface area contributed by atoms with Crippen molar-refractivity contribution in [3.05, 3.63) is 53.0 Å². The molecule has 6 rings (SSSR count). The molecule has 3 N–H and O–H groups in total. The molecule has 2 saturated heterocycles. The minimum Gasteiger partial charge on any atom is -0.369 e. The number of benzene rings is 1. The molecule has 1 aromatic carbocycles. The van der Waals surface area contributed by atoms with Gasteiger partial charge in [0.05, 0.1) is 12.2 Å². The van der Waals surface area contributed by atoms with Crippen LogP contribution in [0.15, 0.2) is 30.7 Å². The third kappa shape index (κ3) is 5.12. The van der Waals surface area contributed by atoms with Gasteiger partial charge in [-0.1, -0.05) is 19.9 Å². The molecule has 9 nitrogen and oxygen atoms in total. The maximum atomic E-state index is 13.1. The maximum Gasteiger partial charge on any atom is 0.236 e. The molecule has 2 aliphatic heterocycles. The second kappa shape index (κ2) is 10.9. The maximum absolute atomic E-state index is 13.1. The highest BCUT2D eigenvalue weighted by Gasteiger charge is 2.29. The number of rotatable bonds is 6. The van der Waals surface area contributed by atoms with Crippen LogP contribution in [-0.2, 0) is 9.59 Å². The first kappa shape index (κ1) is 27.4. The summed E-state index contributed by atoms with van der Waals surface area (Å²) in [6.45, 7) is 12.3. The lowest BCUT2D eigenvalue weighted by Crippen LogP contribution is -2.46. The third-order valence-electron chi connectivity index (χ3n) is 9.50. The Hall–Kier alpha value is -3.72. The van der Waals surface area contributed by atoms with E-state index < -0.39 is 0 Å². The van der Waals surface area contributed by atoms with Gasteiger partial charge in [0.25, 0.3) is 0 Å². The Morgan fingerprint density at radius 1 is 1.05 bits per heavy atom. The molecular formula is C32H41N7O2. The smallest absolute Gasteiger partial charge is 0.236 e. The van der Waals surface area contributed by atoms with Gasteiger partial charge in [-0.2, -0.15) is 5.10 Å². The lowest BCUT2D eigenvalue weighted by atomic mass is 9.87. The third-order valence-corrected chi connectivity index (χ3v) is 9.50. The Balaban J connectivity index is 1.19. The van der Waals surface area contributed by atoms with Crippen molar-refractivity contribution < 1.29 is 9.59 Å². The molecule has 0 atom stereocenters. The van der Waals surface area contributed by atoms with E-state index in [-0.39, 0.29) is 17.7 Å². The molecule has 3 aromatic heterocycles. The lowest BCUT2D eigenvalue weighted by Gasteiger charge is -2.35. The number of nitrogens with one attached hydrogen (secondary N) is 1. The van der Waals surface area contributed by atoms with Gasteiger partial charge in [0, 0.05) is 41.7 Å². The molecule has 5 heterocycles. The standard InChI is InChI=1S/C32H41N7O2/c1-19(2)29-25-15-24(5-6-27(25)36-30(29)26-16-39-32(34-18-35-39)21(4)20(26)3)22-9-13-38(14-10-22)28(40)17-37-11-7-23(8-12-37)31(33)41/h5-6,15-16,18-19,22-23,36H,7-14,17H2,1-4H3,(H2,33,41). The number of nitrogens with two attached hydrogens (primary N) is 1. The Labute approximate surface area is 241 Å². The molecule has 41 heavy (non-hydrogen) atoms. The van der Waals surface area contributed by atoms with Crippen LogP contribution >= 0.6 is 0 Å². The highest BCUT2D eigenvalue weighted by atomic mass is 16.2. The van der Waals surface area contributed by atoms with Crippen LogP contribution in [0.25, 0.3) is 27.8 Å². The monoisotopic (exact) mass is 555 g/mol. The molecule has 2 fully saturated rings. The Morgan fingerprint density at radius 3 is 2.46 bits per heavy atom. The van der Waals surface area contributed by atoms with E-state index in [1.54, 1.807) is 6.33 Å². The zero-order chi connectivity index (χ0) is 28.8. The molecule has 0 spiro atoms. The van der Waals surface area contributed by atoms with E-state index in [0.29, 0.717) is 18.4 Å². The van der Waals surface area contributed by atoms with E-state index in [2.05, 4.69) is 72.1 Å². The van der Waals surface area contributed by atoms with Gasteiger partial charge in [-0.25, -0.2) is 9.50 Å². The van der Waals surface area contributed by atoms with Crippen LogP contribution in [-0.4, -0.2) is 73.9 Å². The van der Waals surface area contributed by atoms with Crippen LogP contribution in [0.3, 0.4) is 0 Å². The molecule has 2 amide bonds. The SMILES string of the molecule is Cc1c(-c2[nH]c3ccc(C4CCN(C(=O)CN5CCC(C(N)=O)CC5)CC4)cc3c2C(C)C)cn2ncnc2c1C. The predicted octanol–water partition coefficient (Wildman–Crippen LogP) is 4.52. The summed E-state index contributed by atoms with van der Waals surface area (Å²) < 4.78 is 1.87. The molecule has 216 valence electrons. The molecule has 0 saturated carbocycles. The summed E-state index contributed by atoms with van der Waals surface area (Å²) in [7, 11) is 0. The van der Waals surface area contributed by atoms with Gasteiger partial charge < -0.3 is 15.6 Å². The van der Waals surface area contributed by atoms with Crippen molar-refractivity contribution in [1.29, 1.82) is 0 Å². The molecule has 0 unspecified atom stereocenters. The number of hydrogen-bond donors (Lipinski definition) is 2. The molecule has 9 heteroatoms. The number of aryl methyl sites for hydroxylation is 1. The van der Waals surface area contributed by atoms with E-state index >= 15 is 0 Å². The fraction of sp³-hybridized carbons (Fsp3) is 0.500. The van der Waals surface area contributed by atoms with Crippen LogP contribution in [0.5, 0.6) is 0 Å². The summed E-state index contributed by atoms with van der Waals surface area (Å²) in [4.78, 5) is 36.9. The Bertz CT molecular complexity index is 1600. The first-order valence-corrected chi connectivity index (χ1v) is 15.0. The van der Waals surface area contributed by atoms with Crippen molar-refractivity contribution in [3.8, 4) is 11.3 Å². The fourth-order valence-electron chi connectivity index (χ4n) is 6.88. The van der Waals surface area contributed by atoms with Crippen molar-refractivity contribution in [2.24, 2.45) is 11.7 Å². The van der Waals surface area contributed by atoms with Crippen molar-refractivity contribution >= 4 is 28.4 Å². The fourth-order valence-corrected chi connectivity index (χ4v) is 6.88. The van der Waals surface area contributed by atoms with E-state index in [1.807, 2.05) is 9.42 Å². The number of hydrogen-bond acceptors (Lipinski definition) is 5. The molecule has 0 aliphatic carbocycles. The average Bonchev–Trinajstić information content (AvgIpc) is 3.60. The van der Waals surface area contributed by atoms with Gasteiger partial charge in [0.15, 0.2) is 5.65 Å². The number of aromatic nitrogens is 4. The largest absolute Gasteiger partial charge is 0.369 e. The number of H-pyrrole nitrogens is 1. The molecule has 2 aliphatic rings. The van der Waals surface area contributed by atoms with Gasteiger partial charge in [-0.3, -0.25) is 14.5 Å². The van der Waals surface area contributed by atoms with Crippen LogP contribution in [0.1, 0.15) is 73.6 Å². The van der Waals surface area contributed by atoms with Crippen LogP contribution in [0, 0.1) is 19.8 Å². The van der Waals surface area contributed by atoms with Crippen molar-refractivity contribution in [1.82, 2.24) is 29.4 Å². The molecular weight excluding hydrogens is 514 g/mol. The van der Waals surface area contributed by atoms with E-state index in [0.717, 1.165) is 79.8 Å². The quantitative estimate of drug-likeness (QED) is 0.363. The molecule has 4 aromatic rings. The molecule has 0 radical (unpaired) electrons. The van der Waals surface area contributed by atoms with Crippen molar-refractivity contribution in [2.45, 2.75) is 65.2 Å². The summed E-state index contributed by atoms with van der Waals surface area (Å²) in [5.74, 6) is 0.707. The van der Waals surface area contributed by atoms with Gasteiger partial charge in [-0.15, -0.1) is 0 Å². The second-order valence-electron chi connectivity index (χ2n) is 12.3. The number of pyridine rings is 1. The highest BCUT2D eigenvalue weighted by Crippen LogP contribution is 2.40. The normalized spacial score (nSPS) is 17.7. The number of carbonyl (C=O) groups is 2. The Kier molecular flexibility index (Phi) is 7.32.